The standard InChI is InChI=1S/C29H28ClF2N3O3/c1-16-3-2-4-25(35-12-10-18(14-26(35)37)27-22(31)8-7-21(30)28(27)32)24-13-17(9-11-33-24)20-6-5-19(36)15-23(20)34-29(16)38/h5-9,11,13-16,25,29,34,36,38H,2-4,10,12H2,1H3/t16-,25+,29?/m1/s1. The molecule has 1 aromatic heterocycles. The molecule has 0 saturated heterocycles. The van der Waals surface area contributed by atoms with Gasteiger partial charge in [0.05, 0.1) is 22.3 Å². The van der Waals surface area contributed by atoms with Gasteiger partial charge in [0.1, 0.15) is 17.8 Å². The topological polar surface area (TPSA) is 85.7 Å². The van der Waals surface area contributed by atoms with Crippen molar-refractivity contribution in [3.63, 3.8) is 0 Å². The largest absolute Gasteiger partial charge is 0.508 e. The maximum Gasteiger partial charge on any atom is 0.247 e. The van der Waals surface area contributed by atoms with Crippen molar-refractivity contribution in [1.29, 1.82) is 0 Å². The molecule has 3 aromatic rings. The Kier molecular flexibility index (Phi) is 7.36. The minimum absolute atomic E-state index is 0.0736. The number of nitrogens with zero attached hydrogens (tertiary/aromatic N) is 2. The van der Waals surface area contributed by atoms with Crippen molar-refractivity contribution in [2.45, 2.75) is 44.9 Å². The van der Waals surface area contributed by atoms with E-state index in [-0.39, 0.29) is 52.7 Å². The molecule has 3 heterocycles. The zero-order valence-corrected chi connectivity index (χ0v) is 21.6. The Morgan fingerprint density at radius 3 is 2.74 bits per heavy atom. The molecule has 198 valence electrons. The number of benzene rings is 2. The van der Waals surface area contributed by atoms with Crippen LogP contribution >= 0.6 is 11.6 Å². The van der Waals surface area contributed by atoms with Crippen molar-refractivity contribution < 1.29 is 23.8 Å². The molecular weight excluding hydrogens is 512 g/mol. The second kappa shape index (κ2) is 10.7. The van der Waals surface area contributed by atoms with Crippen molar-refractivity contribution in [1.82, 2.24) is 9.88 Å². The van der Waals surface area contributed by atoms with E-state index in [1.165, 1.54) is 6.08 Å². The number of aromatic hydroxyl groups is 1. The fraction of sp³-hybridized carbons (Fsp3) is 0.310. The summed E-state index contributed by atoms with van der Waals surface area (Å²) >= 11 is 5.87. The first-order valence-electron chi connectivity index (χ1n) is 12.6. The van der Waals surface area contributed by atoms with E-state index in [1.807, 2.05) is 19.1 Å². The third-order valence-electron chi connectivity index (χ3n) is 7.36. The number of rotatable bonds is 2. The Morgan fingerprint density at radius 1 is 1.13 bits per heavy atom. The lowest BCUT2D eigenvalue weighted by Gasteiger charge is -2.35. The van der Waals surface area contributed by atoms with E-state index in [2.05, 4.69) is 10.3 Å². The van der Waals surface area contributed by atoms with Crippen LogP contribution in [0.2, 0.25) is 5.02 Å². The van der Waals surface area contributed by atoms with Crippen molar-refractivity contribution in [2.75, 3.05) is 11.9 Å². The summed E-state index contributed by atoms with van der Waals surface area (Å²) in [5.74, 6) is -2.01. The summed E-state index contributed by atoms with van der Waals surface area (Å²) in [4.78, 5) is 19.7. The molecular formula is C29H28ClF2N3O3. The molecule has 2 aliphatic rings. The quantitative estimate of drug-likeness (QED) is 0.333. The molecule has 1 unspecified atom stereocenters. The minimum atomic E-state index is -0.870. The van der Waals surface area contributed by atoms with Gasteiger partial charge in [-0.1, -0.05) is 24.9 Å². The van der Waals surface area contributed by atoms with Gasteiger partial charge < -0.3 is 20.4 Å². The van der Waals surface area contributed by atoms with E-state index in [9.17, 15) is 23.8 Å². The van der Waals surface area contributed by atoms with Gasteiger partial charge in [-0.3, -0.25) is 9.78 Å². The third kappa shape index (κ3) is 5.11. The Morgan fingerprint density at radius 2 is 1.95 bits per heavy atom. The number of fused-ring (bicyclic) bond motifs is 4. The number of amides is 1. The number of halogens is 3. The van der Waals surface area contributed by atoms with Crippen LogP contribution in [0.25, 0.3) is 16.7 Å². The van der Waals surface area contributed by atoms with Crippen molar-refractivity contribution >= 4 is 28.8 Å². The number of carbonyl (C=O) groups is 1. The average Bonchev–Trinajstić information content (AvgIpc) is 2.89. The van der Waals surface area contributed by atoms with Crippen molar-refractivity contribution in [2.24, 2.45) is 5.92 Å². The van der Waals surface area contributed by atoms with Gasteiger partial charge in [0, 0.05) is 42.1 Å². The van der Waals surface area contributed by atoms with Gasteiger partial charge in [-0.25, -0.2) is 8.78 Å². The fourth-order valence-electron chi connectivity index (χ4n) is 5.24. The maximum atomic E-state index is 14.6. The Balaban J connectivity index is 1.53. The highest BCUT2D eigenvalue weighted by molar-refractivity contribution is 6.31. The summed E-state index contributed by atoms with van der Waals surface area (Å²) in [7, 11) is 0. The van der Waals surface area contributed by atoms with Crippen LogP contribution in [-0.4, -0.2) is 38.8 Å². The zero-order valence-electron chi connectivity index (χ0n) is 20.8. The molecule has 0 saturated carbocycles. The fourth-order valence-corrected chi connectivity index (χ4v) is 5.40. The van der Waals surface area contributed by atoms with Crippen LogP contribution in [0, 0.1) is 17.6 Å². The molecule has 1 amide bonds. The molecule has 0 fully saturated rings. The summed E-state index contributed by atoms with van der Waals surface area (Å²) in [5.41, 5.74) is 2.88. The lowest BCUT2D eigenvalue weighted by Crippen LogP contribution is -2.38. The number of anilines is 1. The predicted octanol–water partition coefficient (Wildman–Crippen LogP) is 6.29. The highest BCUT2D eigenvalue weighted by Gasteiger charge is 2.31. The number of phenols is 1. The number of nitrogens with one attached hydrogen (secondary N) is 1. The van der Waals surface area contributed by atoms with Crippen molar-refractivity contribution in [3.8, 4) is 16.9 Å². The molecule has 0 spiro atoms. The SMILES string of the molecule is C[C@@H]1CCC[C@H](N2CCC(c3c(F)ccc(Cl)c3F)=CC2=O)c2cc(ccn2)-c2ccc(O)cc2NC1O. The number of aliphatic hydroxyl groups is 1. The van der Waals surface area contributed by atoms with E-state index in [0.29, 0.717) is 30.6 Å². The van der Waals surface area contributed by atoms with E-state index in [0.717, 1.165) is 23.3 Å². The summed E-state index contributed by atoms with van der Waals surface area (Å²) in [6.45, 7) is 2.20. The van der Waals surface area contributed by atoms with Crippen molar-refractivity contribution in [3.05, 3.63) is 82.7 Å². The van der Waals surface area contributed by atoms with Gasteiger partial charge in [0.15, 0.2) is 5.82 Å². The van der Waals surface area contributed by atoms with E-state index < -0.39 is 17.9 Å². The van der Waals surface area contributed by atoms with E-state index >= 15 is 0 Å². The predicted molar refractivity (Wildman–Crippen MR) is 142 cm³/mol. The molecule has 2 aliphatic heterocycles. The Labute approximate surface area is 224 Å². The molecule has 2 bridgehead atoms. The van der Waals surface area contributed by atoms with Crippen LogP contribution in [-0.2, 0) is 4.79 Å². The van der Waals surface area contributed by atoms with Crippen LogP contribution in [0.1, 0.15) is 49.9 Å². The number of carbonyl (C=O) groups excluding carboxylic acids is 1. The molecule has 5 rings (SSSR count). The summed E-state index contributed by atoms with van der Waals surface area (Å²) < 4.78 is 29.1. The second-order valence-electron chi connectivity index (χ2n) is 9.88. The number of hydrogen-bond donors (Lipinski definition) is 3. The maximum absolute atomic E-state index is 14.6. The second-order valence-corrected chi connectivity index (χ2v) is 10.3. The zero-order chi connectivity index (χ0) is 27.0. The van der Waals surface area contributed by atoms with Crippen LogP contribution in [0.4, 0.5) is 14.5 Å². The highest BCUT2D eigenvalue weighted by Crippen LogP contribution is 2.38. The van der Waals surface area contributed by atoms with Crippen LogP contribution < -0.4 is 5.32 Å². The molecule has 3 N–H and O–H groups in total. The van der Waals surface area contributed by atoms with Gasteiger partial charge in [0.25, 0.3) is 0 Å². The lowest BCUT2D eigenvalue weighted by molar-refractivity contribution is -0.129. The van der Waals surface area contributed by atoms with Gasteiger partial charge in [-0.05, 0) is 66.8 Å². The van der Waals surface area contributed by atoms with E-state index in [1.54, 1.807) is 29.3 Å². The third-order valence-corrected chi connectivity index (χ3v) is 7.65. The molecule has 3 atom stereocenters. The van der Waals surface area contributed by atoms with Gasteiger partial charge >= 0.3 is 0 Å². The van der Waals surface area contributed by atoms with Gasteiger partial charge in [0.2, 0.25) is 5.91 Å². The van der Waals surface area contributed by atoms with Crippen LogP contribution in [0.3, 0.4) is 0 Å². The molecule has 9 heteroatoms. The number of phenolic OH excluding ortho intramolecular Hbond substituents is 1. The highest BCUT2D eigenvalue weighted by atomic mass is 35.5. The summed E-state index contributed by atoms with van der Waals surface area (Å²) in [6.07, 6.45) is 4.38. The first-order valence-corrected chi connectivity index (χ1v) is 13.0. The number of aliphatic hydroxyl groups excluding tert-OH is 1. The summed E-state index contributed by atoms with van der Waals surface area (Å²) in [6, 6.07) is 10.5. The average molecular weight is 540 g/mol. The number of aromatic nitrogens is 1. The molecule has 0 aliphatic carbocycles. The van der Waals surface area contributed by atoms with Gasteiger partial charge in [-0.15, -0.1) is 0 Å². The van der Waals surface area contributed by atoms with Crippen LogP contribution in [0.5, 0.6) is 5.75 Å². The normalized spacial score (nSPS) is 22.0. The smallest absolute Gasteiger partial charge is 0.247 e. The first-order chi connectivity index (χ1) is 18.2. The Hall–Kier alpha value is -3.49. The summed E-state index contributed by atoms with van der Waals surface area (Å²) in [5, 5.41) is 23.8. The first kappa shape index (κ1) is 26.1. The molecule has 0 radical (unpaired) electrons. The molecule has 2 aromatic carbocycles. The van der Waals surface area contributed by atoms with Gasteiger partial charge in [-0.2, -0.15) is 0 Å². The Bertz CT molecular complexity index is 1410. The monoisotopic (exact) mass is 539 g/mol. The number of hydrogen-bond acceptors (Lipinski definition) is 5. The lowest BCUT2D eigenvalue weighted by atomic mass is 9.92. The molecule has 38 heavy (non-hydrogen) atoms. The van der Waals surface area contributed by atoms with E-state index in [4.69, 9.17) is 11.6 Å². The number of pyridine rings is 1. The van der Waals surface area contributed by atoms with Crippen LogP contribution in [0.15, 0.2) is 54.7 Å². The minimum Gasteiger partial charge on any atom is -0.508 e. The molecule has 6 nitrogen and oxygen atoms in total.